The van der Waals surface area contributed by atoms with E-state index >= 15 is 0 Å². The van der Waals surface area contributed by atoms with Crippen LogP contribution >= 0.6 is 23.2 Å². The highest BCUT2D eigenvalue weighted by Crippen LogP contribution is 2.31. The van der Waals surface area contributed by atoms with Crippen LogP contribution in [0.5, 0.6) is 5.75 Å². The predicted octanol–water partition coefficient (Wildman–Crippen LogP) is 4.66. The molecule has 5 nitrogen and oxygen atoms in total. The summed E-state index contributed by atoms with van der Waals surface area (Å²) in [7, 11) is 1.60. The van der Waals surface area contributed by atoms with Crippen molar-refractivity contribution in [2.45, 2.75) is 6.54 Å². The van der Waals surface area contributed by atoms with Crippen molar-refractivity contribution in [3.8, 4) is 17.2 Å². The number of rotatable bonds is 5. The first-order chi connectivity index (χ1) is 11.2. The highest BCUT2D eigenvalue weighted by molar-refractivity contribution is 6.43. The molecule has 0 aliphatic carbocycles. The molecule has 0 spiro atoms. The zero-order valence-corrected chi connectivity index (χ0v) is 13.7. The Hall–Kier alpha value is -2.24. The SMILES string of the molecule is COc1ccccc1-c1nnc(CNc2cccc(Cl)c2Cl)o1. The van der Waals surface area contributed by atoms with E-state index in [4.69, 9.17) is 32.4 Å². The number of hydrogen-bond donors (Lipinski definition) is 1. The molecule has 0 saturated heterocycles. The van der Waals surface area contributed by atoms with Crippen molar-refractivity contribution in [3.63, 3.8) is 0 Å². The van der Waals surface area contributed by atoms with Gasteiger partial charge in [-0.2, -0.15) is 0 Å². The Morgan fingerprint density at radius 3 is 2.74 bits per heavy atom. The van der Waals surface area contributed by atoms with E-state index < -0.39 is 0 Å². The second-order valence-electron chi connectivity index (χ2n) is 4.66. The number of benzene rings is 2. The van der Waals surface area contributed by atoms with Gasteiger partial charge in [-0.1, -0.05) is 41.4 Å². The molecular formula is C16H13Cl2N3O2. The number of anilines is 1. The van der Waals surface area contributed by atoms with Crippen molar-refractivity contribution in [1.82, 2.24) is 10.2 Å². The normalized spacial score (nSPS) is 10.6. The molecule has 0 bridgehead atoms. The summed E-state index contributed by atoms with van der Waals surface area (Å²) in [6, 6.07) is 12.8. The summed E-state index contributed by atoms with van der Waals surface area (Å²) < 4.78 is 11.0. The Balaban J connectivity index is 1.76. The molecule has 3 rings (SSSR count). The maximum atomic E-state index is 6.12. The predicted molar refractivity (Wildman–Crippen MR) is 90.1 cm³/mol. The molecule has 0 radical (unpaired) electrons. The average Bonchev–Trinajstić information content (AvgIpc) is 3.05. The summed E-state index contributed by atoms with van der Waals surface area (Å²) in [6.07, 6.45) is 0. The Morgan fingerprint density at radius 2 is 1.91 bits per heavy atom. The van der Waals surface area contributed by atoms with Gasteiger partial charge in [-0.05, 0) is 24.3 Å². The molecule has 1 heterocycles. The summed E-state index contributed by atoms with van der Waals surface area (Å²) in [6.45, 7) is 0.336. The minimum atomic E-state index is 0.336. The van der Waals surface area contributed by atoms with Crippen LogP contribution in [0.3, 0.4) is 0 Å². The van der Waals surface area contributed by atoms with Gasteiger partial charge >= 0.3 is 0 Å². The first-order valence-corrected chi connectivity index (χ1v) is 7.58. The first kappa shape index (κ1) is 15.6. The van der Waals surface area contributed by atoms with Crippen LogP contribution in [0.15, 0.2) is 46.9 Å². The third-order valence-corrected chi connectivity index (χ3v) is 4.00. The average molecular weight is 350 g/mol. The summed E-state index contributed by atoms with van der Waals surface area (Å²) in [5, 5.41) is 12.1. The molecule has 0 atom stereocenters. The Bertz CT molecular complexity index is 821. The van der Waals surface area contributed by atoms with Crippen LogP contribution in [0.1, 0.15) is 5.89 Å². The molecule has 2 aromatic carbocycles. The van der Waals surface area contributed by atoms with E-state index in [0.717, 1.165) is 5.56 Å². The van der Waals surface area contributed by atoms with E-state index in [1.165, 1.54) is 0 Å². The van der Waals surface area contributed by atoms with Crippen LogP contribution in [0.4, 0.5) is 5.69 Å². The molecule has 0 fully saturated rings. The number of nitrogens with one attached hydrogen (secondary N) is 1. The van der Waals surface area contributed by atoms with Crippen molar-refractivity contribution in [3.05, 3.63) is 58.4 Å². The molecule has 1 N–H and O–H groups in total. The molecule has 0 amide bonds. The molecule has 1 aromatic heterocycles. The molecule has 0 aliphatic rings. The largest absolute Gasteiger partial charge is 0.496 e. The second-order valence-corrected chi connectivity index (χ2v) is 5.44. The summed E-state index contributed by atoms with van der Waals surface area (Å²) >= 11 is 12.1. The fourth-order valence-corrected chi connectivity index (χ4v) is 2.43. The lowest BCUT2D eigenvalue weighted by atomic mass is 10.2. The maximum Gasteiger partial charge on any atom is 0.251 e. The van der Waals surface area contributed by atoms with E-state index in [9.17, 15) is 0 Å². The minimum absolute atomic E-state index is 0.336. The number of aromatic nitrogens is 2. The zero-order chi connectivity index (χ0) is 16.2. The Morgan fingerprint density at radius 1 is 1.09 bits per heavy atom. The topological polar surface area (TPSA) is 60.2 Å². The fraction of sp³-hybridized carbons (Fsp3) is 0.125. The van der Waals surface area contributed by atoms with Gasteiger partial charge in [0.2, 0.25) is 5.89 Å². The molecule has 0 saturated carbocycles. The number of para-hydroxylation sites is 1. The van der Waals surface area contributed by atoms with Crippen LogP contribution < -0.4 is 10.1 Å². The van der Waals surface area contributed by atoms with E-state index in [0.29, 0.717) is 39.8 Å². The van der Waals surface area contributed by atoms with Gasteiger partial charge in [-0.25, -0.2) is 0 Å². The monoisotopic (exact) mass is 349 g/mol. The van der Waals surface area contributed by atoms with Crippen LogP contribution in [-0.2, 0) is 6.54 Å². The van der Waals surface area contributed by atoms with Crippen LogP contribution in [0, 0.1) is 0 Å². The minimum Gasteiger partial charge on any atom is -0.496 e. The number of methoxy groups -OCH3 is 1. The molecule has 0 aliphatic heterocycles. The maximum absolute atomic E-state index is 6.12. The molecule has 118 valence electrons. The van der Waals surface area contributed by atoms with Gasteiger partial charge in [0.05, 0.1) is 35.0 Å². The first-order valence-electron chi connectivity index (χ1n) is 6.82. The molecule has 23 heavy (non-hydrogen) atoms. The molecular weight excluding hydrogens is 337 g/mol. The summed E-state index contributed by atoms with van der Waals surface area (Å²) in [4.78, 5) is 0. The third-order valence-electron chi connectivity index (χ3n) is 3.19. The van der Waals surface area contributed by atoms with Crippen molar-refractivity contribution in [2.75, 3.05) is 12.4 Å². The van der Waals surface area contributed by atoms with Crippen LogP contribution in [-0.4, -0.2) is 17.3 Å². The quantitative estimate of drug-likeness (QED) is 0.725. The van der Waals surface area contributed by atoms with Crippen molar-refractivity contribution < 1.29 is 9.15 Å². The Labute approximate surface area is 143 Å². The molecule has 3 aromatic rings. The van der Waals surface area contributed by atoms with Crippen LogP contribution in [0.25, 0.3) is 11.5 Å². The van der Waals surface area contributed by atoms with Crippen molar-refractivity contribution in [2.24, 2.45) is 0 Å². The van der Waals surface area contributed by atoms with Gasteiger partial charge in [0.25, 0.3) is 5.89 Å². The van der Waals surface area contributed by atoms with E-state index in [1.807, 2.05) is 36.4 Å². The van der Waals surface area contributed by atoms with E-state index in [2.05, 4.69) is 15.5 Å². The molecule has 0 unspecified atom stereocenters. The number of nitrogens with zero attached hydrogens (tertiary/aromatic N) is 2. The van der Waals surface area contributed by atoms with E-state index in [-0.39, 0.29) is 0 Å². The number of halogens is 2. The summed E-state index contributed by atoms with van der Waals surface area (Å²) in [5.74, 6) is 1.51. The van der Waals surface area contributed by atoms with Gasteiger partial charge in [-0.15, -0.1) is 10.2 Å². The Kier molecular flexibility index (Phi) is 4.69. The van der Waals surface area contributed by atoms with Gasteiger partial charge in [0, 0.05) is 0 Å². The van der Waals surface area contributed by atoms with Crippen molar-refractivity contribution in [1.29, 1.82) is 0 Å². The van der Waals surface area contributed by atoms with Crippen molar-refractivity contribution >= 4 is 28.9 Å². The standard InChI is InChI=1S/C16H13Cl2N3O2/c1-22-13-8-3-2-5-10(13)16-21-20-14(23-16)9-19-12-7-4-6-11(17)15(12)18/h2-8,19H,9H2,1H3. The fourth-order valence-electron chi connectivity index (χ4n) is 2.07. The zero-order valence-electron chi connectivity index (χ0n) is 12.2. The van der Waals surface area contributed by atoms with Gasteiger partial charge in [0.1, 0.15) is 5.75 Å². The van der Waals surface area contributed by atoms with Gasteiger partial charge in [-0.3, -0.25) is 0 Å². The second kappa shape index (κ2) is 6.89. The van der Waals surface area contributed by atoms with E-state index in [1.54, 1.807) is 13.2 Å². The lowest BCUT2D eigenvalue weighted by Gasteiger charge is -2.06. The van der Waals surface area contributed by atoms with Gasteiger partial charge in [0.15, 0.2) is 0 Å². The summed E-state index contributed by atoms with van der Waals surface area (Å²) in [5.41, 5.74) is 1.45. The van der Waals surface area contributed by atoms with Crippen LogP contribution in [0.2, 0.25) is 10.0 Å². The lowest BCUT2D eigenvalue weighted by molar-refractivity contribution is 0.413. The lowest BCUT2D eigenvalue weighted by Crippen LogP contribution is -2.00. The number of hydrogen-bond acceptors (Lipinski definition) is 5. The smallest absolute Gasteiger partial charge is 0.251 e. The highest BCUT2D eigenvalue weighted by atomic mass is 35.5. The highest BCUT2D eigenvalue weighted by Gasteiger charge is 2.13. The third kappa shape index (κ3) is 3.41. The van der Waals surface area contributed by atoms with Gasteiger partial charge < -0.3 is 14.5 Å². The number of ether oxygens (including phenoxy) is 1. The molecule has 7 heteroatoms.